The molecule has 110 valence electrons. The number of rotatable bonds is 1. The van der Waals surface area contributed by atoms with Crippen LogP contribution in [0.25, 0.3) is 16.9 Å². The van der Waals surface area contributed by atoms with Gasteiger partial charge in [-0.2, -0.15) is 0 Å². The molecule has 1 aromatic carbocycles. The smallest absolute Gasteiger partial charge is 0.223 e. The lowest BCUT2D eigenvalue weighted by atomic mass is 10.1. The highest BCUT2D eigenvalue weighted by Crippen LogP contribution is 2.32. The van der Waals surface area contributed by atoms with E-state index in [4.69, 9.17) is 0 Å². The van der Waals surface area contributed by atoms with Crippen molar-refractivity contribution in [3.05, 3.63) is 52.8 Å². The summed E-state index contributed by atoms with van der Waals surface area (Å²) in [5, 5.41) is 0. The summed E-state index contributed by atoms with van der Waals surface area (Å²) >= 11 is 3.47. The van der Waals surface area contributed by atoms with Crippen molar-refractivity contribution in [3.63, 3.8) is 0 Å². The number of benzene rings is 1. The van der Waals surface area contributed by atoms with E-state index in [0.29, 0.717) is 0 Å². The largest absolute Gasteiger partial charge is 0.312 e. The highest BCUT2D eigenvalue weighted by Gasteiger charge is 2.22. The van der Waals surface area contributed by atoms with E-state index in [-0.39, 0.29) is 5.91 Å². The average Bonchev–Trinajstić information content (AvgIpc) is 3.09. The van der Waals surface area contributed by atoms with Gasteiger partial charge < -0.3 is 9.30 Å². The van der Waals surface area contributed by atoms with E-state index >= 15 is 0 Å². The lowest BCUT2D eigenvalue weighted by Gasteiger charge is -2.14. The number of anilines is 1. The molecule has 1 amide bonds. The Morgan fingerprint density at radius 1 is 1.23 bits per heavy atom. The predicted octanol–water partition coefficient (Wildman–Crippen LogP) is 3.67. The van der Waals surface area contributed by atoms with Gasteiger partial charge in [0.25, 0.3) is 0 Å². The fraction of sp³-hybridized carbons (Fsp3) is 0.176. The molecule has 0 bridgehead atoms. The van der Waals surface area contributed by atoms with Crippen LogP contribution >= 0.6 is 15.9 Å². The van der Waals surface area contributed by atoms with Crippen LogP contribution in [0.4, 0.5) is 5.69 Å². The number of imidazole rings is 1. The molecular formula is C17H14BrN3O. The van der Waals surface area contributed by atoms with Crippen molar-refractivity contribution < 1.29 is 4.79 Å². The van der Waals surface area contributed by atoms with Crippen LogP contribution in [0.5, 0.6) is 0 Å². The first-order valence-electron chi connectivity index (χ1n) is 7.17. The number of hydrogen-bond donors (Lipinski definition) is 0. The molecule has 1 aliphatic heterocycles. The number of fused-ring (bicyclic) bond motifs is 2. The quantitative estimate of drug-likeness (QED) is 0.667. The van der Waals surface area contributed by atoms with Gasteiger partial charge in [-0.3, -0.25) is 4.79 Å². The highest BCUT2D eigenvalue weighted by atomic mass is 79.9. The van der Waals surface area contributed by atoms with Crippen LogP contribution < -0.4 is 4.90 Å². The molecule has 3 aromatic rings. The van der Waals surface area contributed by atoms with E-state index in [1.807, 2.05) is 46.0 Å². The fourth-order valence-corrected chi connectivity index (χ4v) is 3.34. The maximum atomic E-state index is 11.6. The third kappa shape index (κ3) is 2.13. The van der Waals surface area contributed by atoms with E-state index in [1.54, 1.807) is 6.92 Å². The maximum Gasteiger partial charge on any atom is 0.223 e. The molecule has 0 saturated carbocycles. The molecule has 4 nitrogen and oxygen atoms in total. The molecular weight excluding hydrogens is 342 g/mol. The molecule has 0 spiro atoms. The Kier molecular flexibility index (Phi) is 3.04. The van der Waals surface area contributed by atoms with Crippen molar-refractivity contribution in [1.29, 1.82) is 0 Å². The molecule has 0 fully saturated rings. The van der Waals surface area contributed by atoms with Gasteiger partial charge >= 0.3 is 0 Å². The molecule has 22 heavy (non-hydrogen) atoms. The minimum Gasteiger partial charge on any atom is -0.312 e. The van der Waals surface area contributed by atoms with E-state index < -0.39 is 0 Å². The molecule has 2 aromatic heterocycles. The van der Waals surface area contributed by atoms with Gasteiger partial charge in [-0.25, -0.2) is 4.98 Å². The molecule has 0 radical (unpaired) electrons. The lowest BCUT2D eigenvalue weighted by molar-refractivity contribution is -0.116. The zero-order valence-corrected chi connectivity index (χ0v) is 13.7. The summed E-state index contributed by atoms with van der Waals surface area (Å²) in [5.41, 5.74) is 5.20. The number of amides is 1. The summed E-state index contributed by atoms with van der Waals surface area (Å²) in [5.74, 6) is 0.101. The van der Waals surface area contributed by atoms with Gasteiger partial charge in [-0.05, 0) is 52.2 Å². The Bertz CT molecular complexity index is 900. The summed E-state index contributed by atoms with van der Waals surface area (Å²) in [7, 11) is 0. The second kappa shape index (κ2) is 4.95. The van der Waals surface area contributed by atoms with E-state index in [2.05, 4.69) is 27.0 Å². The summed E-state index contributed by atoms with van der Waals surface area (Å²) in [6.07, 6.45) is 4.93. The van der Waals surface area contributed by atoms with Gasteiger partial charge in [0.05, 0.1) is 5.69 Å². The van der Waals surface area contributed by atoms with E-state index in [9.17, 15) is 4.79 Å². The van der Waals surface area contributed by atoms with Crippen LogP contribution in [0.2, 0.25) is 0 Å². The lowest BCUT2D eigenvalue weighted by Crippen LogP contribution is -2.25. The molecule has 0 saturated heterocycles. The van der Waals surface area contributed by atoms with Crippen LogP contribution in [-0.2, 0) is 11.2 Å². The van der Waals surface area contributed by atoms with Gasteiger partial charge in [0.15, 0.2) is 0 Å². The van der Waals surface area contributed by atoms with Crippen molar-refractivity contribution in [1.82, 2.24) is 9.38 Å². The van der Waals surface area contributed by atoms with Crippen molar-refractivity contribution in [2.75, 3.05) is 11.4 Å². The third-order valence-electron chi connectivity index (χ3n) is 4.07. The molecule has 0 aliphatic carbocycles. The Hall–Kier alpha value is -2.14. The topological polar surface area (TPSA) is 37.6 Å². The van der Waals surface area contributed by atoms with Crippen LogP contribution in [-0.4, -0.2) is 21.8 Å². The van der Waals surface area contributed by atoms with Gasteiger partial charge in [0.1, 0.15) is 5.65 Å². The first-order chi connectivity index (χ1) is 10.6. The fourth-order valence-electron chi connectivity index (χ4n) is 2.99. The summed E-state index contributed by atoms with van der Waals surface area (Å²) in [6.45, 7) is 2.38. The Labute approximate surface area is 136 Å². The summed E-state index contributed by atoms with van der Waals surface area (Å²) in [4.78, 5) is 18.1. The van der Waals surface area contributed by atoms with E-state index in [0.717, 1.165) is 40.0 Å². The second-order valence-corrected chi connectivity index (χ2v) is 6.42. The molecule has 4 rings (SSSR count). The number of halogens is 1. The normalized spacial score (nSPS) is 13.6. The molecule has 0 atom stereocenters. The van der Waals surface area contributed by atoms with Crippen LogP contribution in [0.15, 0.2) is 47.2 Å². The molecule has 3 heterocycles. The zero-order chi connectivity index (χ0) is 15.3. The van der Waals surface area contributed by atoms with Crippen molar-refractivity contribution >= 4 is 33.2 Å². The van der Waals surface area contributed by atoms with Crippen molar-refractivity contribution in [3.8, 4) is 11.3 Å². The van der Waals surface area contributed by atoms with Crippen LogP contribution in [0.3, 0.4) is 0 Å². The minimum absolute atomic E-state index is 0.101. The Morgan fingerprint density at radius 2 is 2.09 bits per heavy atom. The molecule has 5 heteroatoms. The van der Waals surface area contributed by atoms with E-state index in [1.165, 1.54) is 5.56 Å². The SMILES string of the molecule is CC(=O)N1CCc2cc(-c3cn4cc(Br)ccc4n3)ccc21. The van der Waals surface area contributed by atoms with Crippen molar-refractivity contribution in [2.45, 2.75) is 13.3 Å². The Morgan fingerprint density at radius 3 is 2.91 bits per heavy atom. The number of hydrogen-bond acceptors (Lipinski definition) is 2. The summed E-state index contributed by atoms with van der Waals surface area (Å²) < 4.78 is 3.03. The first kappa shape index (κ1) is 13.5. The number of aromatic nitrogens is 2. The van der Waals surface area contributed by atoms with Gasteiger partial charge in [-0.1, -0.05) is 6.07 Å². The summed E-state index contributed by atoms with van der Waals surface area (Å²) in [6, 6.07) is 10.2. The third-order valence-corrected chi connectivity index (χ3v) is 4.53. The maximum absolute atomic E-state index is 11.6. The van der Waals surface area contributed by atoms with Gasteiger partial charge in [-0.15, -0.1) is 0 Å². The molecule has 0 unspecified atom stereocenters. The standard InChI is InChI=1S/C17H14BrN3O/c1-11(22)21-7-6-13-8-12(2-4-16(13)21)15-10-20-9-14(18)3-5-17(20)19-15/h2-5,8-10H,6-7H2,1H3. The van der Waals surface area contributed by atoms with Gasteiger partial charge in [0.2, 0.25) is 5.91 Å². The van der Waals surface area contributed by atoms with Crippen LogP contribution in [0, 0.1) is 0 Å². The minimum atomic E-state index is 0.101. The van der Waals surface area contributed by atoms with Gasteiger partial charge in [0, 0.05) is 41.6 Å². The monoisotopic (exact) mass is 355 g/mol. The van der Waals surface area contributed by atoms with Crippen LogP contribution in [0.1, 0.15) is 12.5 Å². The number of nitrogens with zero attached hydrogens (tertiary/aromatic N) is 3. The molecule has 0 N–H and O–H groups in total. The number of carbonyl (C=O) groups excluding carboxylic acids is 1. The van der Waals surface area contributed by atoms with Crippen molar-refractivity contribution in [2.24, 2.45) is 0 Å². The second-order valence-electron chi connectivity index (χ2n) is 5.50. The zero-order valence-electron chi connectivity index (χ0n) is 12.1. The number of carbonyl (C=O) groups is 1. The first-order valence-corrected chi connectivity index (χ1v) is 7.97. The molecule has 1 aliphatic rings. The highest BCUT2D eigenvalue weighted by molar-refractivity contribution is 9.10. The number of pyridine rings is 1. The average molecular weight is 356 g/mol. The Balaban J connectivity index is 1.78. The predicted molar refractivity (Wildman–Crippen MR) is 90.1 cm³/mol.